The quantitative estimate of drug-likeness (QED) is 0.576. The van der Waals surface area contributed by atoms with E-state index in [1.165, 1.54) is 19.4 Å². The third kappa shape index (κ3) is 3.75. The minimum atomic E-state index is -1.24. The summed E-state index contributed by atoms with van der Waals surface area (Å²) >= 11 is 0. The van der Waals surface area contributed by atoms with E-state index < -0.39 is 14.1 Å². The zero-order valence-corrected chi connectivity index (χ0v) is 19.8. The van der Waals surface area contributed by atoms with Crippen molar-refractivity contribution in [1.29, 1.82) is 0 Å². The largest absolute Gasteiger partial charge is 0.480 e. The molecule has 1 aliphatic heterocycles. The molecule has 0 radical (unpaired) electrons. The highest BCUT2D eigenvalue weighted by molar-refractivity contribution is 6.57. The molecule has 2 aromatic heterocycles. The molecule has 3 N–H and O–H groups in total. The Morgan fingerprint density at radius 2 is 2.00 bits per heavy atom. The Bertz CT molecular complexity index is 1260. The second kappa shape index (κ2) is 8.01. The summed E-state index contributed by atoms with van der Waals surface area (Å²) < 4.78 is 24.8. The fourth-order valence-corrected chi connectivity index (χ4v) is 6.36. The molecule has 0 bridgehead atoms. The monoisotopic (exact) mass is 451 g/mol. The molecule has 0 spiro atoms. The van der Waals surface area contributed by atoms with Crippen LogP contribution < -0.4 is 15.8 Å². The van der Waals surface area contributed by atoms with Crippen LogP contribution in [0, 0.1) is 5.82 Å². The van der Waals surface area contributed by atoms with Crippen LogP contribution in [-0.4, -0.2) is 43.5 Å². The van der Waals surface area contributed by atoms with Crippen LogP contribution in [0.2, 0.25) is 11.1 Å². The number of pyridine rings is 1. The molecule has 32 heavy (non-hydrogen) atoms. The number of anilines is 2. The number of halogens is 1. The highest BCUT2D eigenvalue weighted by Crippen LogP contribution is 2.44. The predicted molar refractivity (Wildman–Crippen MR) is 125 cm³/mol. The summed E-state index contributed by atoms with van der Waals surface area (Å²) in [4.78, 5) is 17.7. The van der Waals surface area contributed by atoms with E-state index in [1.807, 2.05) is 14.0 Å². The molecule has 0 saturated heterocycles. The average molecular weight is 452 g/mol. The van der Waals surface area contributed by atoms with Gasteiger partial charge in [0.05, 0.1) is 24.5 Å². The molecular formula is C22H26FN7OSi. The van der Waals surface area contributed by atoms with E-state index in [1.54, 1.807) is 24.4 Å². The second-order valence-corrected chi connectivity index (χ2v) is 11.4. The molecule has 1 aromatic carbocycles. The molecule has 0 fully saturated rings. The van der Waals surface area contributed by atoms with Gasteiger partial charge >= 0.3 is 0 Å². The van der Waals surface area contributed by atoms with Crippen molar-refractivity contribution >= 4 is 37.0 Å². The summed E-state index contributed by atoms with van der Waals surface area (Å²) in [5, 5.41) is 3.04. The standard InChI is InChI=1S/C22H26FN7OSi/c1-21(2)20(24)30-22(3,12-32(21)25-4)14-10-13(6-7-15(14)23)28-16-8-9-26-19-18(16)27-11-17(29-19)31-5/h6-11H,12H2,1-5H3,(H2,24,30)(H,26,28,29)/t22-/m0/s1. The lowest BCUT2D eigenvalue weighted by Crippen LogP contribution is -2.44. The number of methoxy groups -OCH3 is 1. The maximum atomic E-state index is 15.0. The number of aliphatic imine (C=N–C) groups is 1. The number of amidine groups is 1. The molecule has 8 nitrogen and oxygen atoms in total. The van der Waals surface area contributed by atoms with Gasteiger partial charge in [0.1, 0.15) is 25.8 Å². The molecule has 0 unspecified atom stereocenters. The molecule has 1 atom stereocenters. The van der Waals surface area contributed by atoms with Gasteiger partial charge in [-0.15, -0.1) is 0 Å². The number of nitrogens with two attached hydrogens (primary N) is 1. The predicted octanol–water partition coefficient (Wildman–Crippen LogP) is 4.17. The maximum absolute atomic E-state index is 15.0. The molecule has 10 heteroatoms. The van der Waals surface area contributed by atoms with Gasteiger partial charge in [0.2, 0.25) is 5.88 Å². The Morgan fingerprint density at radius 3 is 2.72 bits per heavy atom. The SMILES string of the molecule is CN=[Si]1C[C@@](C)(c2cc(Nc3ccnc4nc(OC)cnc34)ccc2F)N=C(N)C1(C)C. The summed E-state index contributed by atoms with van der Waals surface area (Å²) in [7, 11) is 2.10. The molecule has 3 heterocycles. The highest BCUT2D eigenvalue weighted by Gasteiger charge is 2.43. The summed E-state index contributed by atoms with van der Waals surface area (Å²) in [6, 6.07) is 7.36. The zero-order valence-electron chi connectivity index (χ0n) is 18.8. The van der Waals surface area contributed by atoms with E-state index >= 15 is 4.39 Å². The first-order valence-corrected chi connectivity index (χ1v) is 11.9. The summed E-state index contributed by atoms with van der Waals surface area (Å²) in [5.41, 5.74) is 8.47. The number of hydrogen-bond acceptors (Lipinski definition) is 8. The van der Waals surface area contributed by atoms with E-state index in [0.29, 0.717) is 45.9 Å². The van der Waals surface area contributed by atoms with Crippen molar-refractivity contribution in [3.05, 3.63) is 48.0 Å². The van der Waals surface area contributed by atoms with Crippen LogP contribution in [0.25, 0.3) is 11.2 Å². The number of rotatable bonds is 4. The summed E-state index contributed by atoms with van der Waals surface area (Å²) in [5.74, 6) is 0.581. The number of fused-ring (bicyclic) bond motifs is 1. The van der Waals surface area contributed by atoms with Crippen molar-refractivity contribution in [3.63, 3.8) is 0 Å². The van der Waals surface area contributed by atoms with E-state index in [9.17, 15) is 0 Å². The van der Waals surface area contributed by atoms with Gasteiger partial charge in [-0.2, -0.15) is 4.98 Å². The fourth-order valence-electron chi connectivity index (χ4n) is 3.93. The van der Waals surface area contributed by atoms with E-state index in [2.05, 4.69) is 38.8 Å². The average Bonchev–Trinajstić information content (AvgIpc) is 2.77. The lowest BCUT2D eigenvalue weighted by atomic mass is 9.92. The van der Waals surface area contributed by atoms with Crippen molar-refractivity contribution in [3.8, 4) is 5.88 Å². The van der Waals surface area contributed by atoms with Crippen LogP contribution in [0.15, 0.2) is 46.3 Å². The number of nitrogens with one attached hydrogen (secondary N) is 1. The van der Waals surface area contributed by atoms with Gasteiger partial charge in [-0.05, 0) is 31.2 Å². The van der Waals surface area contributed by atoms with Gasteiger partial charge in [-0.25, -0.2) is 14.4 Å². The first-order chi connectivity index (χ1) is 15.2. The highest BCUT2D eigenvalue weighted by atomic mass is 28.2. The van der Waals surface area contributed by atoms with Crippen molar-refractivity contribution in [2.24, 2.45) is 15.4 Å². The third-order valence-corrected chi connectivity index (χ3v) is 9.23. The van der Waals surface area contributed by atoms with Crippen LogP contribution in [0.5, 0.6) is 5.88 Å². The van der Waals surface area contributed by atoms with E-state index in [0.717, 1.165) is 0 Å². The number of ether oxygens (including phenoxy) is 1. The topological polar surface area (TPSA) is 111 Å². The number of aromatic nitrogens is 3. The molecule has 1 aliphatic rings. The van der Waals surface area contributed by atoms with Crippen LogP contribution in [0.4, 0.5) is 15.8 Å². The molecule has 3 aromatic rings. The van der Waals surface area contributed by atoms with Crippen molar-refractivity contribution in [2.45, 2.75) is 37.4 Å². The van der Waals surface area contributed by atoms with Crippen LogP contribution >= 0.6 is 0 Å². The van der Waals surface area contributed by atoms with Gasteiger partial charge in [0.25, 0.3) is 0 Å². The molecule has 0 amide bonds. The molecule has 0 aliphatic carbocycles. The maximum Gasteiger partial charge on any atom is 0.234 e. The normalized spacial score (nSPS) is 21.4. The summed E-state index contributed by atoms with van der Waals surface area (Å²) in [6.07, 6.45) is 3.17. The smallest absolute Gasteiger partial charge is 0.234 e. The lowest BCUT2D eigenvalue weighted by molar-refractivity contribution is 0.397. The van der Waals surface area contributed by atoms with Gasteiger partial charge in [0.15, 0.2) is 5.65 Å². The van der Waals surface area contributed by atoms with Crippen LogP contribution in [-0.2, 0) is 5.54 Å². The van der Waals surface area contributed by atoms with Crippen LogP contribution in [0.1, 0.15) is 26.3 Å². The zero-order chi connectivity index (χ0) is 23.1. The van der Waals surface area contributed by atoms with E-state index in [4.69, 9.17) is 15.5 Å². The van der Waals surface area contributed by atoms with Gasteiger partial charge < -0.3 is 20.4 Å². The number of benzene rings is 1. The number of hydrogen-bond donors (Lipinski definition) is 2. The van der Waals surface area contributed by atoms with Gasteiger partial charge in [0, 0.05) is 35.6 Å². The molecular weight excluding hydrogens is 425 g/mol. The Hall–Kier alpha value is -3.27. The summed E-state index contributed by atoms with van der Waals surface area (Å²) in [6.45, 7) is 6.05. The first-order valence-electron chi connectivity index (χ1n) is 10.2. The minimum Gasteiger partial charge on any atom is -0.480 e. The van der Waals surface area contributed by atoms with Gasteiger partial charge in [-0.1, -0.05) is 13.8 Å². The Labute approximate surface area is 187 Å². The molecule has 166 valence electrons. The van der Waals surface area contributed by atoms with Gasteiger partial charge in [-0.3, -0.25) is 4.99 Å². The van der Waals surface area contributed by atoms with Crippen LogP contribution in [0.3, 0.4) is 0 Å². The molecule has 4 rings (SSSR count). The van der Waals surface area contributed by atoms with Crippen molar-refractivity contribution < 1.29 is 9.13 Å². The van der Waals surface area contributed by atoms with Crippen molar-refractivity contribution in [1.82, 2.24) is 15.0 Å². The Kier molecular flexibility index (Phi) is 5.49. The van der Waals surface area contributed by atoms with Crippen molar-refractivity contribution in [2.75, 3.05) is 19.5 Å². The number of nitrogens with zero attached hydrogens (tertiary/aromatic N) is 5. The second-order valence-electron chi connectivity index (χ2n) is 8.51. The molecule has 0 saturated carbocycles. The fraction of sp³-hybridized carbons (Fsp3) is 0.364. The lowest BCUT2D eigenvalue weighted by Gasteiger charge is -2.39. The third-order valence-electron chi connectivity index (χ3n) is 5.97. The minimum absolute atomic E-state index is 0.277. The Balaban J connectivity index is 1.75. The first kappa shape index (κ1) is 21.9. The Morgan fingerprint density at radius 1 is 1.22 bits per heavy atom. The van der Waals surface area contributed by atoms with E-state index in [-0.39, 0.29) is 10.9 Å².